The molecule has 0 aliphatic carbocycles. The Hall–Kier alpha value is -0.610. The molecule has 0 spiro atoms. The van der Waals surface area contributed by atoms with Gasteiger partial charge in [0.1, 0.15) is 0 Å². The zero-order valence-corrected chi connectivity index (χ0v) is 9.99. The summed E-state index contributed by atoms with van der Waals surface area (Å²) in [6, 6.07) is 0.866. The number of carbonyl (C=O) groups is 1. The fourth-order valence-corrected chi connectivity index (χ4v) is 2.52. The van der Waals surface area contributed by atoms with Gasteiger partial charge in [-0.3, -0.25) is 15.1 Å². The highest BCUT2D eigenvalue weighted by Gasteiger charge is 2.27. The fraction of sp³-hybridized carbons (Fsp3) is 0.909. The molecule has 1 rings (SSSR count). The van der Waals surface area contributed by atoms with E-state index < -0.39 is 0 Å². The van der Waals surface area contributed by atoms with E-state index >= 15 is 0 Å². The SMILES string of the molecule is CC1CCN(C(C)CC(=O)NN)C(C)C1. The third-order valence-electron chi connectivity index (χ3n) is 3.40. The lowest BCUT2D eigenvalue weighted by molar-refractivity contribution is -0.122. The van der Waals surface area contributed by atoms with Gasteiger partial charge in [0.15, 0.2) is 0 Å². The van der Waals surface area contributed by atoms with E-state index in [2.05, 4.69) is 31.1 Å². The summed E-state index contributed by atoms with van der Waals surface area (Å²) in [6.07, 6.45) is 2.96. The lowest BCUT2D eigenvalue weighted by Crippen LogP contribution is -2.47. The molecule has 1 aliphatic heterocycles. The van der Waals surface area contributed by atoms with Gasteiger partial charge in [0.25, 0.3) is 0 Å². The number of nitrogens with two attached hydrogens (primary N) is 1. The highest BCUT2D eigenvalue weighted by molar-refractivity contribution is 5.75. The molecule has 0 aromatic carbocycles. The molecule has 1 heterocycles. The van der Waals surface area contributed by atoms with Gasteiger partial charge in [-0.05, 0) is 39.2 Å². The molecule has 1 amide bonds. The van der Waals surface area contributed by atoms with Gasteiger partial charge in [-0.25, -0.2) is 5.84 Å². The van der Waals surface area contributed by atoms with E-state index in [4.69, 9.17) is 5.84 Å². The van der Waals surface area contributed by atoms with Crippen molar-refractivity contribution in [1.82, 2.24) is 10.3 Å². The van der Waals surface area contributed by atoms with Crippen molar-refractivity contribution in [2.45, 2.75) is 52.1 Å². The van der Waals surface area contributed by atoms with E-state index in [1.54, 1.807) is 0 Å². The molecule has 0 aromatic rings. The molecule has 0 radical (unpaired) electrons. The van der Waals surface area contributed by atoms with Crippen LogP contribution in [0.5, 0.6) is 0 Å². The summed E-state index contributed by atoms with van der Waals surface area (Å²) < 4.78 is 0. The number of piperidine rings is 1. The number of hydrogen-bond acceptors (Lipinski definition) is 3. The van der Waals surface area contributed by atoms with Crippen LogP contribution >= 0.6 is 0 Å². The van der Waals surface area contributed by atoms with Crippen LogP contribution in [0, 0.1) is 5.92 Å². The molecule has 0 aromatic heterocycles. The molecular formula is C11H23N3O. The normalized spacial score (nSPS) is 29.9. The molecule has 4 heteroatoms. The quantitative estimate of drug-likeness (QED) is 0.415. The number of hydrogen-bond donors (Lipinski definition) is 2. The second kappa shape index (κ2) is 5.47. The Labute approximate surface area is 92.2 Å². The standard InChI is InChI=1S/C11H23N3O/c1-8-4-5-14(9(2)6-8)10(3)7-11(15)13-12/h8-10H,4-7,12H2,1-3H3,(H,13,15). The minimum absolute atomic E-state index is 0.0756. The predicted octanol–water partition coefficient (Wildman–Crippen LogP) is 0.875. The molecule has 3 atom stereocenters. The highest BCUT2D eigenvalue weighted by atomic mass is 16.2. The van der Waals surface area contributed by atoms with Gasteiger partial charge in [-0.1, -0.05) is 6.92 Å². The van der Waals surface area contributed by atoms with Gasteiger partial charge < -0.3 is 0 Å². The first-order valence-corrected chi connectivity index (χ1v) is 5.79. The van der Waals surface area contributed by atoms with Crippen LogP contribution in [0.3, 0.4) is 0 Å². The number of rotatable bonds is 3. The van der Waals surface area contributed by atoms with E-state index in [-0.39, 0.29) is 11.9 Å². The number of hydrazine groups is 1. The van der Waals surface area contributed by atoms with Crippen molar-refractivity contribution in [2.24, 2.45) is 11.8 Å². The van der Waals surface area contributed by atoms with Gasteiger partial charge in [-0.15, -0.1) is 0 Å². The summed E-state index contributed by atoms with van der Waals surface area (Å²) >= 11 is 0. The van der Waals surface area contributed by atoms with E-state index in [1.165, 1.54) is 12.8 Å². The van der Waals surface area contributed by atoms with Crippen molar-refractivity contribution < 1.29 is 4.79 Å². The van der Waals surface area contributed by atoms with E-state index in [0.29, 0.717) is 12.5 Å². The van der Waals surface area contributed by atoms with Gasteiger partial charge in [0, 0.05) is 18.5 Å². The largest absolute Gasteiger partial charge is 0.297 e. The number of nitrogens with zero attached hydrogens (tertiary/aromatic N) is 1. The minimum atomic E-state index is -0.0756. The van der Waals surface area contributed by atoms with Crippen LogP contribution in [0.25, 0.3) is 0 Å². The average molecular weight is 213 g/mol. The van der Waals surface area contributed by atoms with Crippen molar-refractivity contribution in [1.29, 1.82) is 0 Å². The first-order chi connectivity index (χ1) is 7.04. The number of amides is 1. The van der Waals surface area contributed by atoms with Crippen LogP contribution < -0.4 is 11.3 Å². The second-order valence-electron chi connectivity index (χ2n) is 4.84. The van der Waals surface area contributed by atoms with E-state index in [9.17, 15) is 4.79 Å². The Morgan fingerprint density at radius 2 is 2.27 bits per heavy atom. The fourth-order valence-electron chi connectivity index (χ4n) is 2.52. The van der Waals surface area contributed by atoms with Crippen LogP contribution in [0.2, 0.25) is 0 Å². The Balaban J connectivity index is 2.45. The number of likely N-dealkylation sites (tertiary alicyclic amines) is 1. The molecule has 3 unspecified atom stereocenters. The van der Waals surface area contributed by atoms with Crippen LogP contribution in [0.1, 0.15) is 40.0 Å². The maximum atomic E-state index is 11.2. The third-order valence-corrected chi connectivity index (χ3v) is 3.40. The molecular weight excluding hydrogens is 190 g/mol. The summed E-state index contributed by atoms with van der Waals surface area (Å²) in [5, 5.41) is 0. The lowest BCUT2D eigenvalue weighted by Gasteiger charge is -2.40. The molecule has 0 bridgehead atoms. The molecule has 3 N–H and O–H groups in total. The van der Waals surface area contributed by atoms with Crippen LogP contribution in [-0.4, -0.2) is 29.4 Å². The highest BCUT2D eigenvalue weighted by Crippen LogP contribution is 2.24. The molecule has 4 nitrogen and oxygen atoms in total. The van der Waals surface area contributed by atoms with Crippen molar-refractivity contribution in [3.8, 4) is 0 Å². The maximum Gasteiger partial charge on any atom is 0.235 e. The molecule has 15 heavy (non-hydrogen) atoms. The topological polar surface area (TPSA) is 58.4 Å². The molecule has 88 valence electrons. The summed E-state index contributed by atoms with van der Waals surface area (Å²) in [5.41, 5.74) is 2.19. The molecule has 1 fully saturated rings. The van der Waals surface area contributed by atoms with Crippen molar-refractivity contribution in [3.05, 3.63) is 0 Å². The summed E-state index contributed by atoms with van der Waals surface area (Å²) in [7, 11) is 0. The van der Waals surface area contributed by atoms with Gasteiger partial charge in [0.2, 0.25) is 5.91 Å². The first kappa shape index (κ1) is 12.5. The molecule has 0 saturated carbocycles. The van der Waals surface area contributed by atoms with Crippen LogP contribution in [0.4, 0.5) is 0 Å². The summed E-state index contributed by atoms with van der Waals surface area (Å²) in [5.74, 6) is 5.82. The van der Waals surface area contributed by atoms with Crippen molar-refractivity contribution >= 4 is 5.91 Å². The van der Waals surface area contributed by atoms with Crippen molar-refractivity contribution in [3.63, 3.8) is 0 Å². The monoisotopic (exact) mass is 213 g/mol. The third kappa shape index (κ3) is 3.47. The first-order valence-electron chi connectivity index (χ1n) is 5.79. The van der Waals surface area contributed by atoms with Crippen LogP contribution in [-0.2, 0) is 4.79 Å². The molecule has 1 aliphatic rings. The van der Waals surface area contributed by atoms with E-state index in [0.717, 1.165) is 12.5 Å². The Kier molecular flexibility index (Phi) is 4.54. The maximum absolute atomic E-state index is 11.2. The van der Waals surface area contributed by atoms with Gasteiger partial charge in [0.05, 0.1) is 0 Å². The second-order valence-corrected chi connectivity index (χ2v) is 4.84. The number of nitrogens with one attached hydrogen (secondary N) is 1. The zero-order chi connectivity index (χ0) is 11.4. The molecule has 1 saturated heterocycles. The Morgan fingerprint density at radius 1 is 1.60 bits per heavy atom. The average Bonchev–Trinajstić information content (AvgIpc) is 2.17. The zero-order valence-electron chi connectivity index (χ0n) is 9.99. The predicted molar refractivity (Wildman–Crippen MR) is 61.0 cm³/mol. The van der Waals surface area contributed by atoms with Crippen LogP contribution in [0.15, 0.2) is 0 Å². The lowest BCUT2D eigenvalue weighted by atomic mass is 9.92. The van der Waals surface area contributed by atoms with Gasteiger partial charge in [-0.2, -0.15) is 0 Å². The van der Waals surface area contributed by atoms with Gasteiger partial charge >= 0.3 is 0 Å². The smallest absolute Gasteiger partial charge is 0.235 e. The Morgan fingerprint density at radius 3 is 2.80 bits per heavy atom. The number of carbonyl (C=O) groups excluding carboxylic acids is 1. The van der Waals surface area contributed by atoms with Crippen molar-refractivity contribution in [2.75, 3.05) is 6.54 Å². The summed E-state index contributed by atoms with van der Waals surface area (Å²) in [6.45, 7) is 7.74. The summed E-state index contributed by atoms with van der Waals surface area (Å²) in [4.78, 5) is 13.6. The minimum Gasteiger partial charge on any atom is -0.297 e. The van der Waals surface area contributed by atoms with E-state index in [1.807, 2.05) is 0 Å². The Bertz CT molecular complexity index is 220.